The zero-order chi connectivity index (χ0) is 10.4. The largest absolute Gasteiger partial charge is 0.480 e. The fourth-order valence-electron chi connectivity index (χ4n) is 0.596. The molecule has 0 unspecified atom stereocenters. The number of carbonyl (C=O) groups is 3. The summed E-state index contributed by atoms with van der Waals surface area (Å²) >= 11 is 0. The molecular weight excluding hydrogens is 164 g/mol. The molecule has 0 aromatic carbocycles. The predicted molar refractivity (Wildman–Crippen MR) is 39.1 cm³/mol. The molecule has 0 radical (unpaired) electrons. The van der Waals surface area contributed by atoms with Crippen molar-refractivity contribution < 1.29 is 20.9 Å². The highest BCUT2D eigenvalue weighted by Gasteiger charge is 2.20. The zero-order valence-electron chi connectivity index (χ0n) is 7.24. The fourth-order valence-corrected chi connectivity index (χ4v) is 0.596. The molecule has 1 atom stereocenters. The van der Waals surface area contributed by atoms with Gasteiger partial charge in [-0.3, -0.25) is 9.59 Å². The van der Waals surface area contributed by atoms with Gasteiger partial charge in [-0.2, -0.15) is 0 Å². The van der Waals surface area contributed by atoms with Crippen LogP contribution in [-0.4, -0.2) is 28.9 Å². The Hall–Kier alpha value is -1.59. The normalized spacial score (nSPS) is 12.8. The minimum atomic E-state index is -1.35. The Kier molecular flexibility index (Phi) is 3.06. The lowest BCUT2D eigenvalue weighted by Gasteiger charge is -2.09. The Morgan fingerprint density at radius 2 is 2.25 bits per heavy atom. The number of rotatable bonds is 4. The van der Waals surface area contributed by atoms with Gasteiger partial charge in [0, 0.05) is 8.27 Å². The molecule has 0 rings (SSSR count). The van der Waals surface area contributed by atoms with Crippen molar-refractivity contribution in [1.29, 1.82) is 0 Å². The Labute approximate surface area is 70.1 Å². The van der Waals surface area contributed by atoms with Crippen LogP contribution in [0.5, 0.6) is 0 Å². The first-order chi connectivity index (χ1) is 5.97. The number of hydrogen-bond acceptors (Lipinski definition) is 3. The number of nitrogens with two attached hydrogens (primary N) is 1. The van der Waals surface area contributed by atoms with E-state index < -0.39 is 37.1 Å². The van der Waals surface area contributed by atoms with Crippen molar-refractivity contribution in [3.63, 3.8) is 0 Å². The van der Waals surface area contributed by atoms with Crippen LogP contribution in [0.4, 0.5) is 0 Å². The average molecular weight is 175 g/mol. The summed E-state index contributed by atoms with van der Waals surface area (Å²) in [5.41, 5.74) is 4.75. The van der Waals surface area contributed by atoms with Crippen molar-refractivity contribution in [2.75, 3.05) is 0 Å². The van der Waals surface area contributed by atoms with Gasteiger partial charge in [0.15, 0.2) is 0 Å². The van der Waals surface area contributed by atoms with Gasteiger partial charge in [-0.25, -0.2) is 4.79 Å². The number of aliphatic carboxylic acids is 1. The smallest absolute Gasteiger partial charge is 0.326 e. The van der Waals surface area contributed by atoms with Gasteiger partial charge < -0.3 is 16.2 Å². The molecule has 2 amide bonds. The monoisotopic (exact) mass is 175 g/mol. The highest BCUT2D eigenvalue weighted by Crippen LogP contribution is 1.90. The average Bonchev–Trinajstić information content (AvgIpc) is 2.02. The molecule has 0 aromatic heterocycles. The number of nitrogens with one attached hydrogen (secondary N) is 1. The number of primary amides is 1. The molecular formula is C6H10N2O4. The fraction of sp³-hybridized carbons (Fsp3) is 0.500. The molecule has 0 spiro atoms. The van der Waals surface area contributed by atoms with Crippen LogP contribution in [0.1, 0.15) is 14.7 Å². The number of carboxylic acids is 1. The molecule has 68 valence electrons. The molecule has 0 saturated heterocycles. The van der Waals surface area contributed by atoms with Crippen LogP contribution in [0.2, 0.25) is 0 Å². The summed E-state index contributed by atoms with van der Waals surface area (Å²) in [6.07, 6.45) is -0.471. The lowest BCUT2D eigenvalue weighted by molar-refractivity contribution is -0.143. The summed E-state index contributed by atoms with van der Waals surface area (Å²) in [7, 11) is 0. The summed E-state index contributed by atoms with van der Waals surface area (Å²) in [6, 6.07) is -1.34. The molecule has 0 aliphatic heterocycles. The van der Waals surface area contributed by atoms with Gasteiger partial charge in [-0.1, -0.05) is 0 Å². The topological polar surface area (TPSA) is 109 Å². The minimum absolute atomic E-state index is 0.471. The number of amides is 2. The van der Waals surface area contributed by atoms with Crippen LogP contribution in [-0.2, 0) is 14.4 Å². The van der Waals surface area contributed by atoms with E-state index in [-0.39, 0.29) is 0 Å². The maximum Gasteiger partial charge on any atom is 0.326 e. The Morgan fingerprint density at radius 1 is 1.67 bits per heavy atom. The van der Waals surface area contributed by atoms with Crippen LogP contribution < -0.4 is 11.1 Å². The summed E-state index contributed by atoms with van der Waals surface area (Å²) in [5.74, 6) is -2.92. The summed E-state index contributed by atoms with van der Waals surface area (Å²) < 4.78 is 6.60. The Balaban J connectivity index is 4.18. The van der Waals surface area contributed by atoms with Gasteiger partial charge in [0.2, 0.25) is 11.8 Å². The van der Waals surface area contributed by atoms with E-state index in [1.54, 1.807) is 0 Å². The molecule has 0 aromatic rings. The predicted octanol–water partition coefficient (Wildman–Crippen LogP) is -1.55. The molecule has 12 heavy (non-hydrogen) atoms. The summed E-state index contributed by atoms with van der Waals surface area (Å²) in [4.78, 5) is 31.3. The van der Waals surface area contributed by atoms with Crippen LogP contribution in [0.15, 0.2) is 0 Å². The van der Waals surface area contributed by atoms with Crippen molar-refractivity contribution in [3.8, 4) is 0 Å². The number of hydrogen-bond donors (Lipinski definition) is 3. The highest BCUT2D eigenvalue weighted by atomic mass is 16.4. The zero-order valence-corrected chi connectivity index (χ0v) is 6.24. The lowest BCUT2D eigenvalue weighted by Crippen LogP contribution is -2.42. The van der Waals surface area contributed by atoms with E-state index in [4.69, 9.17) is 12.2 Å². The minimum Gasteiger partial charge on any atom is -0.480 e. The third-order valence-corrected chi connectivity index (χ3v) is 1.04. The maximum atomic E-state index is 10.6. The molecule has 0 aliphatic rings. The van der Waals surface area contributed by atoms with Crippen LogP contribution in [0, 0.1) is 0 Å². The van der Waals surface area contributed by atoms with Gasteiger partial charge >= 0.3 is 5.97 Å². The van der Waals surface area contributed by atoms with Crippen molar-refractivity contribution >= 4 is 17.8 Å². The molecule has 0 saturated carbocycles. The molecule has 0 aliphatic carbocycles. The van der Waals surface area contributed by atoms with Crippen molar-refractivity contribution in [3.05, 3.63) is 0 Å². The first-order valence-electron chi connectivity index (χ1n) is 3.77. The first kappa shape index (κ1) is 8.51. The second-order valence-corrected chi connectivity index (χ2v) is 2.13. The van der Waals surface area contributed by atoms with Crippen molar-refractivity contribution in [2.45, 2.75) is 19.4 Å². The second kappa shape index (κ2) is 4.32. The van der Waals surface area contributed by atoms with Crippen LogP contribution in [0.3, 0.4) is 0 Å². The molecule has 6 nitrogen and oxygen atoms in total. The quantitative estimate of drug-likeness (QED) is 0.480. The van der Waals surface area contributed by atoms with Gasteiger partial charge in [0.25, 0.3) is 0 Å². The summed E-state index contributed by atoms with van der Waals surface area (Å²) in [6.45, 7) is -0.581. The van der Waals surface area contributed by atoms with E-state index in [2.05, 4.69) is 0 Å². The third kappa shape index (κ3) is 4.26. The summed E-state index contributed by atoms with van der Waals surface area (Å²) in [5, 5.41) is 10.5. The lowest BCUT2D eigenvalue weighted by atomic mass is 10.2. The second-order valence-electron chi connectivity index (χ2n) is 2.13. The van der Waals surface area contributed by atoms with Gasteiger partial charge in [0.05, 0.1) is 6.42 Å². The van der Waals surface area contributed by atoms with Crippen LogP contribution >= 0.6 is 0 Å². The van der Waals surface area contributed by atoms with Gasteiger partial charge in [-0.15, -0.1) is 0 Å². The maximum absolute atomic E-state index is 10.6. The van der Waals surface area contributed by atoms with E-state index >= 15 is 0 Å². The SMILES string of the molecule is [2H]CC(=O)N[C@@H](CC(N)=O)C(=O)O. The molecule has 0 fully saturated rings. The highest BCUT2D eigenvalue weighted by molar-refractivity contribution is 5.87. The van der Waals surface area contributed by atoms with Crippen LogP contribution in [0.25, 0.3) is 0 Å². The van der Waals surface area contributed by atoms with E-state index in [9.17, 15) is 14.4 Å². The van der Waals surface area contributed by atoms with E-state index in [1.165, 1.54) is 0 Å². The number of carbonyl (C=O) groups excluding carboxylic acids is 2. The third-order valence-electron chi connectivity index (χ3n) is 1.04. The van der Waals surface area contributed by atoms with Gasteiger partial charge in [-0.05, 0) is 0 Å². The Bertz CT molecular complexity index is 231. The van der Waals surface area contributed by atoms with E-state index in [0.29, 0.717) is 0 Å². The standard InChI is InChI=1S/C6H10N2O4/c1-3(9)8-4(6(11)12)2-5(7)10/h4H,2H2,1H3,(H2,7,10)(H,8,9)(H,11,12)/t4-/m0/s1/i1D. The molecule has 0 heterocycles. The van der Waals surface area contributed by atoms with E-state index in [1.807, 2.05) is 5.32 Å². The molecule has 0 bridgehead atoms. The molecule has 4 N–H and O–H groups in total. The van der Waals surface area contributed by atoms with Crippen molar-refractivity contribution in [2.24, 2.45) is 5.73 Å². The molecule has 6 heteroatoms. The van der Waals surface area contributed by atoms with Gasteiger partial charge in [0.1, 0.15) is 6.04 Å². The Morgan fingerprint density at radius 3 is 2.58 bits per heavy atom. The van der Waals surface area contributed by atoms with E-state index in [0.717, 1.165) is 0 Å². The van der Waals surface area contributed by atoms with Crippen molar-refractivity contribution in [1.82, 2.24) is 5.32 Å². The first-order valence-corrected chi connectivity index (χ1v) is 3.07. The number of carboxylic acid groups (broad SMARTS) is 1.